The number of alkyl halides is 3. The summed E-state index contributed by atoms with van der Waals surface area (Å²) in [6.45, 7) is 2.86. The number of carbonyl (C=O) groups excluding carboxylic acids is 1. The maximum atomic E-state index is 13.1. The molecule has 0 saturated heterocycles. The van der Waals surface area contributed by atoms with Gasteiger partial charge in [0.2, 0.25) is 0 Å². The number of hydrogen-bond acceptors (Lipinski definition) is 2. The van der Waals surface area contributed by atoms with Crippen LogP contribution in [0.25, 0.3) is 0 Å². The van der Waals surface area contributed by atoms with E-state index in [1.807, 2.05) is 0 Å². The third kappa shape index (κ3) is 4.19. The van der Waals surface area contributed by atoms with E-state index in [0.717, 1.165) is 11.0 Å². The summed E-state index contributed by atoms with van der Waals surface area (Å²) >= 11 is 0. The molecule has 1 amide bonds. The molecule has 3 nitrogen and oxygen atoms in total. The van der Waals surface area contributed by atoms with Gasteiger partial charge in [0, 0.05) is 19.2 Å². The average Bonchev–Trinajstić information content (AvgIpc) is 2.24. The van der Waals surface area contributed by atoms with Crippen molar-refractivity contribution in [3.63, 3.8) is 0 Å². The minimum Gasteiger partial charge on any atom is -0.389 e. The lowest BCUT2D eigenvalue weighted by Crippen LogP contribution is -2.39. The highest BCUT2D eigenvalue weighted by molar-refractivity contribution is 5.94. The molecule has 1 rings (SSSR count). The van der Waals surface area contributed by atoms with Crippen LogP contribution in [0.15, 0.2) is 18.2 Å². The zero-order valence-corrected chi connectivity index (χ0v) is 11.3. The van der Waals surface area contributed by atoms with Crippen LogP contribution in [0.4, 0.5) is 17.6 Å². The highest BCUT2D eigenvalue weighted by Crippen LogP contribution is 2.32. The second kappa shape index (κ2) is 5.40. The van der Waals surface area contributed by atoms with Crippen LogP contribution in [-0.2, 0) is 6.18 Å². The largest absolute Gasteiger partial charge is 0.419 e. The summed E-state index contributed by atoms with van der Waals surface area (Å²) in [4.78, 5) is 13.0. The van der Waals surface area contributed by atoms with Crippen molar-refractivity contribution in [3.8, 4) is 0 Å². The lowest BCUT2D eigenvalue weighted by Gasteiger charge is -2.25. The minimum absolute atomic E-state index is 0.0649. The number of hydrogen-bond donors (Lipinski definition) is 1. The second-order valence-electron chi connectivity index (χ2n) is 5.17. The predicted molar refractivity (Wildman–Crippen MR) is 64.7 cm³/mol. The van der Waals surface area contributed by atoms with Crippen molar-refractivity contribution in [2.45, 2.75) is 25.6 Å². The SMILES string of the molecule is CN(CC(C)(C)O)C(=O)c1ccc(F)c(C(F)(F)F)c1. The zero-order valence-electron chi connectivity index (χ0n) is 11.3. The molecule has 1 aromatic carbocycles. The van der Waals surface area contributed by atoms with Gasteiger partial charge >= 0.3 is 6.18 Å². The molecular formula is C13H15F4NO2. The molecule has 0 atom stereocenters. The quantitative estimate of drug-likeness (QED) is 0.870. The molecule has 0 heterocycles. The van der Waals surface area contributed by atoms with Crippen molar-refractivity contribution in [3.05, 3.63) is 35.1 Å². The van der Waals surface area contributed by atoms with Gasteiger partial charge in [0.1, 0.15) is 5.82 Å². The first-order valence-corrected chi connectivity index (χ1v) is 5.76. The van der Waals surface area contributed by atoms with E-state index in [9.17, 15) is 27.5 Å². The molecule has 1 N–H and O–H groups in total. The van der Waals surface area contributed by atoms with Crippen molar-refractivity contribution < 1.29 is 27.5 Å². The van der Waals surface area contributed by atoms with Crippen molar-refractivity contribution in [2.75, 3.05) is 13.6 Å². The number of nitrogens with zero attached hydrogens (tertiary/aromatic N) is 1. The van der Waals surface area contributed by atoms with Crippen LogP contribution in [0.2, 0.25) is 0 Å². The predicted octanol–water partition coefficient (Wildman–Crippen LogP) is 2.69. The Balaban J connectivity index is 3.06. The first-order chi connectivity index (χ1) is 8.92. The first kappa shape index (κ1) is 16.4. The van der Waals surface area contributed by atoms with E-state index in [0.29, 0.717) is 12.1 Å². The summed E-state index contributed by atoms with van der Waals surface area (Å²) in [5, 5.41) is 9.58. The number of amides is 1. The third-order valence-corrected chi connectivity index (χ3v) is 2.49. The monoisotopic (exact) mass is 293 g/mol. The van der Waals surface area contributed by atoms with Gasteiger partial charge in [-0.15, -0.1) is 0 Å². The van der Waals surface area contributed by atoms with Crippen LogP contribution in [-0.4, -0.2) is 35.1 Å². The van der Waals surface area contributed by atoms with Gasteiger partial charge in [0.05, 0.1) is 11.2 Å². The molecule has 0 aliphatic carbocycles. The van der Waals surface area contributed by atoms with Crippen LogP contribution in [0, 0.1) is 5.82 Å². The fourth-order valence-corrected chi connectivity index (χ4v) is 1.75. The van der Waals surface area contributed by atoms with Crippen molar-refractivity contribution in [1.82, 2.24) is 4.90 Å². The highest BCUT2D eigenvalue weighted by Gasteiger charge is 2.35. The lowest BCUT2D eigenvalue weighted by molar-refractivity contribution is -0.140. The Morgan fingerprint density at radius 1 is 1.30 bits per heavy atom. The summed E-state index contributed by atoms with van der Waals surface area (Å²) in [5.41, 5.74) is -2.96. The molecule has 0 fully saturated rings. The fourth-order valence-electron chi connectivity index (χ4n) is 1.75. The van der Waals surface area contributed by atoms with E-state index in [-0.39, 0.29) is 12.1 Å². The Bertz CT molecular complexity index is 506. The Kier molecular flexibility index (Phi) is 4.43. The molecule has 7 heteroatoms. The molecule has 0 aliphatic heterocycles. The zero-order chi connectivity index (χ0) is 15.7. The van der Waals surface area contributed by atoms with Gasteiger partial charge in [-0.3, -0.25) is 4.79 Å². The molecule has 0 spiro atoms. The number of benzene rings is 1. The molecule has 0 aromatic heterocycles. The van der Waals surface area contributed by atoms with E-state index in [1.165, 1.54) is 20.9 Å². The van der Waals surface area contributed by atoms with Gasteiger partial charge in [0.15, 0.2) is 0 Å². The number of likely N-dealkylation sites (N-methyl/N-ethyl adjacent to an activating group) is 1. The van der Waals surface area contributed by atoms with E-state index >= 15 is 0 Å². The molecule has 1 aromatic rings. The highest BCUT2D eigenvalue weighted by atomic mass is 19.4. The van der Waals surface area contributed by atoms with Gasteiger partial charge < -0.3 is 10.0 Å². The summed E-state index contributed by atoms with van der Waals surface area (Å²) in [7, 11) is 1.34. The first-order valence-electron chi connectivity index (χ1n) is 5.76. The molecule has 0 saturated carbocycles. The molecule has 20 heavy (non-hydrogen) atoms. The third-order valence-electron chi connectivity index (χ3n) is 2.49. The van der Waals surface area contributed by atoms with Gasteiger partial charge in [-0.25, -0.2) is 4.39 Å². The topological polar surface area (TPSA) is 40.5 Å². The second-order valence-corrected chi connectivity index (χ2v) is 5.17. The van der Waals surface area contributed by atoms with Gasteiger partial charge in [-0.2, -0.15) is 13.2 Å². The summed E-state index contributed by atoms with van der Waals surface area (Å²) < 4.78 is 50.8. The normalized spacial score (nSPS) is 12.4. The van der Waals surface area contributed by atoms with Crippen LogP contribution in [0.5, 0.6) is 0 Å². The summed E-state index contributed by atoms with van der Waals surface area (Å²) in [5.74, 6) is -2.16. The summed E-state index contributed by atoms with van der Waals surface area (Å²) in [6, 6.07) is 2.06. The molecule has 0 bridgehead atoms. The summed E-state index contributed by atoms with van der Waals surface area (Å²) in [6.07, 6.45) is -4.87. The van der Waals surface area contributed by atoms with Crippen LogP contribution in [0.1, 0.15) is 29.8 Å². The number of rotatable bonds is 3. The van der Waals surface area contributed by atoms with Crippen LogP contribution in [0.3, 0.4) is 0 Å². The van der Waals surface area contributed by atoms with Gasteiger partial charge in [-0.1, -0.05) is 0 Å². The van der Waals surface area contributed by atoms with E-state index in [4.69, 9.17) is 0 Å². The van der Waals surface area contributed by atoms with Crippen LogP contribution >= 0.6 is 0 Å². The fraction of sp³-hybridized carbons (Fsp3) is 0.462. The Labute approximate surface area is 113 Å². The molecule has 0 unspecified atom stereocenters. The Hall–Kier alpha value is -1.63. The smallest absolute Gasteiger partial charge is 0.389 e. The van der Waals surface area contributed by atoms with E-state index < -0.39 is 29.1 Å². The molecule has 112 valence electrons. The lowest BCUT2D eigenvalue weighted by atomic mass is 10.1. The molecule has 0 radical (unpaired) electrons. The van der Waals surface area contributed by atoms with Crippen molar-refractivity contribution in [1.29, 1.82) is 0 Å². The maximum absolute atomic E-state index is 13.1. The standard InChI is InChI=1S/C13H15F4NO2/c1-12(2,20)7-18(3)11(19)8-4-5-10(14)9(6-8)13(15,16)17/h4-6,20H,7H2,1-3H3. The maximum Gasteiger partial charge on any atom is 0.419 e. The Morgan fingerprint density at radius 3 is 2.30 bits per heavy atom. The van der Waals surface area contributed by atoms with Gasteiger partial charge in [-0.05, 0) is 32.0 Å². The van der Waals surface area contributed by atoms with Crippen molar-refractivity contribution in [2.24, 2.45) is 0 Å². The molecular weight excluding hydrogens is 278 g/mol. The number of aliphatic hydroxyl groups is 1. The number of halogens is 4. The van der Waals surface area contributed by atoms with Crippen LogP contribution < -0.4 is 0 Å². The average molecular weight is 293 g/mol. The van der Waals surface area contributed by atoms with E-state index in [2.05, 4.69) is 0 Å². The van der Waals surface area contributed by atoms with Crippen molar-refractivity contribution >= 4 is 5.91 Å². The minimum atomic E-state index is -4.87. The van der Waals surface area contributed by atoms with E-state index in [1.54, 1.807) is 0 Å². The molecule has 0 aliphatic rings. The van der Waals surface area contributed by atoms with Gasteiger partial charge in [0.25, 0.3) is 5.91 Å². The number of carbonyl (C=O) groups is 1. The Morgan fingerprint density at radius 2 is 1.85 bits per heavy atom.